The standard InChI is InChI=1S/C15H12N2O2S/c1-9-6-13(17-12-5-3-2-4-11(9)12)15-16-10(8-20-15)7-14(18)19/h2-6,8H,7H2,1H3,(H,18,19). The molecule has 0 spiro atoms. The molecule has 0 unspecified atom stereocenters. The Morgan fingerprint density at radius 3 is 2.90 bits per heavy atom. The molecule has 0 atom stereocenters. The third-order valence-electron chi connectivity index (χ3n) is 3.03. The molecule has 100 valence electrons. The number of thiazole rings is 1. The van der Waals surface area contributed by atoms with E-state index in [4.69, 9.17) is 5.11 Å². The first-order valence-corrected chi connectivity index (χ1v) is 7.04. The SMILES string of the molecule is Cc1cc(-c2nc(CC(=O)O)cs2)nc2ccccc12. The second kappa shape index (κ2) is 5.02. The van der Waals surface area contributed by atoms with Crippen molar-refractivity contribution in [1.82, 2.24) is 9.97 Å². The van der Waals surface area contributed by atoms with Crippen LogP contribution in [0.5, 0.6) is 0 Å². The van der Waals surface area contributed by atoms with E-state index in [-0.39, 0.29) is 6.42 Å². The lowest BCUT2D eigenvalue weighted by Gasteiger charge is -2.04. The monoisotopic (exact) mass is 284 g/mol. The minimum atomic E-state index is -0.871. The minimum Gasteiger partial charge on any atom is -0.481 e. The van der Waals surface area contributed by atoms with Crippen LogP contribution in [0.4, 0.5) is 0 Å². The summed E-state index contributed by atoms with van der Waals surface area (Å²) in [6.07, 6.45) is -0.0525. The van der Waals surface area contributed by atoms with Gasteiger partial charge in [0.15, 0.2) is 0 Å². The van der Waals surface area contributed by atoms with Crippen molar-refractivity contribution in [3.63, 3.8) is 0 Å². The number of aryl methyl sites for hydroxylation is 1. The minimum absolute atomic E-state index is 0.0525. The highest BCUT2D eigenvalue weighted by molar-refractivity contribution is 7.13. The molecule has 3 aromatic rings. The lowest BCUT2D eigenvalue weighted by molar-refractivity contribution is -0.136. The van der Waals surface area contributed by atoms with E-state index in [2.05, 4.69) is 9.97 Å². The number of hydrogen-bond donors (Lipinski definition) is 1. The number of nitrogens with zero attached hydrogens (tertiary/aromatic N) is 2. The van der Waals surface area contributed by atoms with E-state index in [0.717, 1.165) is 27.2 Å². The maximum absolute atomic E-state index is 10.7. The average molecular weight is 284 g/mol. The number of rotatable bonds is 3. The highest BCUT2D eigenvalue weighted by Crippen LogP contribution is 2.26. The lowest BCUT2D eigenvalue weighted by atomic mass is 10.1. The van der Waals surface area contributed by atoms with Gasteiger partial charge < -0.3 is 5.11 Å². The number of carboxylic acids is 1. The summed E-state index contributed by atoms with van der Waals surface area (Å²) in [6.45, 7) is 2.04. The molecule has 0 amide bonds. The molecule has 0 aliphatic carbocycles. The van der Waals surface area contributed by atoms with E-state index in [1.165, 1.54) is 11.3 Å². The van der Waals surface area contributed by atoms with E-state index >= 15 is 0 Å². The molecule has 2 aromatic heterocycles. The van der Waals surface area contributed by atoms with Gasteiger partial charge in [0.1, 0.15) is 5.01 Å². The van der Waals surface area contributed by atoms with Gasteiger partial charge in [-0.1, -0.05) is 18.2 Å². The zero-order valence-corrected chi connectivity index (χ0v) is 11.6. The summed E-state index contributed by atoms with van der Waals surface area (Å²) in [6, 6.07) is 9.95. The fourth-order valence-electron chi connectivity index (χ4n) is 2.12. The Balaban J connectivity index is 2.05. The first-order valence-electron chi connectivity index (χ1n) is 6.16. The number of aliphatic carboxylic acids is 1. The Bertz CT molecular complexity index is 795. The number of benzene rings is 1. The molecule has 3 rings (SSSR count). The van der Waals surface area contributed by atoms with E-state index < -0.39 is 5.97 Å². The molecule has 4 nitrogen and oxygen atoms in total. The van der Waals surface area contributed by atoms with Crippen LogP contribution >= 0.6 is 11.3 Å². The van der Waals surface area contributed by atoms with Gasteiger partial charge in [-0.2, -0.15) is 0 Å². The van der Waals surface area contributed by atoms with Crippen LogP contribution in [0.25, 0.3) is 21.6 Å². The van der Waals surface area contributed by atoms with Crippen molar-refractivity contribution in [2.45, 2.75) is 13.3 Å². The Hall–Kier alpha value is -2.27. The normalized spacial score (nSPS) is 10.8. The maximum Gasteiger partial charge on any atom is 0.309 e. The number of aromatic nitrogens is 2. The molecule has 1 aromatic carbocycles. The summed E-state index contributed by atoms with van der Waals surface area (Å²) in [5.74, 6) is -0.871. The van der Waals surface area contributed by atoms with Crippen LogP contribution in [0, 0.1) is 6.92 Å². The van der Waals surface area contributed by atoms with Crippen molar-refractivity contribution in [3.05, 3.63) is 47.0 Å². The van der Waals surface area contributed by atoms with Gasteiger partial charge in [-0.25, -0.2) is 9.97 Å². The van der Waals surface area contributed by atoms with Crippen molar-refractivity contribution >= 4 is 28.2 Å². The molecule has 1 N–H and O–H groups in total. The second-order valence-corrected chi connectivity index (χ2v) is 5.41. The first-order chi connectivity index (χ1) is 9.63. The Morgan fingerprint density at radius 2 is 2.10 bits per heavy atom. The van der Waals surface area contributed by atoms with Crippen LogP contribution < -0.4 is 0 Å². The number of carboxylic acid groups (broad SMARTS) is 1. The summed E-state index contributed by atoms with van der Waals surface area (Å²) >= 11 is 1.42. The molecule has 0 bridgehead atoms. The molecule has 0 saturated heterocycles. The molecule has 20 heavy (non-hydrogen) atoms. The van der Waals surface area contributed by atoms with Crippen LogP contribution in [0.15, 0.2) is 35.7 Å². The van der Waals surface area contributed by atoms with Crippen molar-refractivity contribution < 1.29 is 9.90 Å². The molecule has 0 aliphatic heterocycles. The largest absolute Gasteiger partial charge is 0.481 e. The van der Waals surface area contributed by atoms with Gasteiger partial charge in [0, 0.05) is 10.8 Å². The first kappa shape index (κ1) is 12.7. The molecule has 2 heterocycles. The lowest BCUT2D eigenvalue weighted by Crippen LogP contribution is -2.00. The Morgan fingerprint density at radius 1 is 1.30 bits per heavy atom. The molecule has 5 heteroatoms. The summed E-state index contributed by atoms with van der Waals surface area (Å²) in [4.78, 5) is 19.6. The van der Waals surface area contributed by atoms with E-state index in [1.807, 2.05) is 37.3 Å². The summed E-state index contributed by atoms with van der Waals surface area (Å²) in [5.41, 5.74) is 3.44. The smallest absolute Gasteiger partial charge is 0.309 e. The fourth-order valence-corrected chi connectivity index (χ4v) is 2.90. The van der Waals surface area contributed by atoms with E-state index in [1.54, 1.807) is 5.38 Å². The number of fused-ring (bicyclic) bond motifs is 1. The van der Waals surface area contributed by atoms with Crippen molar-refractivity contribution in [2.24, 2.45) is 0 Å². The molecular weight excluding hydrogens is 272 g/mol. The van der Waals surface area contributed by atoms with Gasteiger partial charge >= 0.3 is 5.97 Å². The van der Waals surface area contributed by atoms with Gasteiger partial charge in [-0.05, 0) is 24.6 Å². The number of pyridine rings is 1. The summed E-state index contributed by atoms with van der Waals surface area (Å²) in [7, 11) is 0. The Kier molecular flexibility index (Phi) is 3.20. The Labute approximate surface area is 119 Å². The summed E-state index contributed by atoms with van der Waals surface area (Å²) < 4.78 is 0. The molecule has 0 radical (unpaired) electrons. The van der Waals surface area contributed by atoms with Gasteiger partial charge in [-0.3, -0.25) is 4.79 Å². The highest BCUT2D eigenvalue weighted by atomic mass is 32.1. The second-order valence-electron chi connectivity index (χ2n) is 4.56. The zero-order valence-electron chi connectivity index (χ0n) is 10.8. The third kappa shape index (κ3) is 2.40. The summed E-state index contributed by atoms with van der Waals surface area (Å²) in [5, 5.41) is 12.4. The van der Waals surface area contributed by atoms with Gasteiger partial charge in [0.05, 0.1) is 23.3 Å². The molecule has 0 aliphatic rings. The van der Waals surface area contributed by atoms with Crippen molar-refractivity contribution in [1.29, 1.82) is 0 Å². The zero-order chi connectivity index (χ0) is 14.1. The number of carbonyl (C=O) groups is 1. The number of para-hydroxylation sites is 1. The predicted octanol–water partition coefficient (Wildman–Crippen LogP) is 3.29. The van der Waals surface area contributed by atoms with Crippen LogP contribution in [-0.2, 0) is 11.2 Å². The van der Waals surface area contributed by atoms with Crippen molar-refractivity contribution in [2.75, 3.05) is 0 Å². The topological polar surface area (TPSA) is 63.1 Å². The van der Waals surface area contributed by atoms with Gasteiger partial charge in [-0.15, -0.1) is 11.3 Å². The van der Waals surface area contributed by atoms with Crippen LogP contribution in [0.1, 0.15) is 11.3 Å². The predicted molar refractivity (Wildman–Crippen MR) is 78.9 cm³/mol. The molecular formula is C15H12N2O2S. The van der Waals surface area contributed by atoms with Crippen LogP contribution in [0.2, 0.25) is 0 Å². The number of hydrogen-bond acceptors (Lipinski definition) is 4. The van der Waals surface area contributed by atoms with Crippen molar-refractivity contribution in [3.8, 4) is 10.7 Å². The van der Waals surface area contributed by atoms with E-state index in [0.29, 0.717) is 5.69 Å². The molecule has 0 fully saturated rings. The average Bonchev–Trinajstić information content (AvgIpc) is 2.86. The van der Waals surface area contributed by atoms with Gasteiger partial charge in [0.2, 0.25) is 0 Å². The van der Waals surface area contributed by atoms with Crippen LogP contribution in [0.3, 0.4) is 0 Å². The fraction of sp³-hybridized carbons (Fsp3) is 0.133. The quantitative estimate of drug-likeness (QED) is 0.801. The van der Waals surface area contributed by atoms with Gasteiger partial charge in [0.25, 0.3) is 0 Å². The van der Waals surface area contributed by atoms with Crippen LogP contribution in [-0.4, -0.2) is 21.0 Å². The molecule has 0 saturated carbocycles. The van der Waals surface area contributed by atoms with E-state index in [9.17, 15) is 4.79 Å². The third-order valence-corrected chi connectivity index (χ3v) is 3.94. The highest BCUT2D eigenvalue weighted by Gasteiger charge is 2.10. The maximum atomic E-state index is 10.7.